The van der Waals surface area contributed by atoms with Crippen molar-refractivity contribution in [1.29, 1.82) is 0 Å². The molecule has 2 amide bonds. The fourth-order valence-electron chi connectivity index (χ4n) is 4.21. The van der Waals surface area contributed by atoms with Gasteiger partial charge in [0.1, 0.15) is 5.76 Å². The number of hydrogen-bond acceptors (Lipinski definition) is 2. The smallest absolute Gasteiger partial charge is 0.318 e. The van der Waals surface area contributed by atoms with E-state index in [-0.39, 0.29) is 12.1 Å². The highest BCUT2D eigenvalue weighted by molar-refractivity contribution is 5.76. The quantitative estimate of drug-likeness (QED) is 0.517. The van der Waals surface area contributed by atoms with Gasteiger partial charge in [0.05, 0.1) is 31.1 Å². The molecule has 2 aromatic carbocycles. The highest BCUT2D eigenvalue weighted by atomic mass is 16.3. The molecule has 2 aromatic heterocycles. The predicted molar refractivity (Wildman–Crippen MR) is 115 cm³/mol. The zero-order chi connectivity index (χ0) is 20.5. The second kappa shape index (κ2) is 7.59. The van der Waals surface area contributed by atoms with Crippen molar-refractivity contribution < 1.29 is 9.21 Å². The summed E-state index contributed by atoms with van der Waals surface area (Å²) in [7, 11) is 0. The molecule has 0 saturated carbocycles. The SMILES string of the molecule is Cc1cccc([C@H]2c3cccn3-c3ccccc3CN2C(=O)NCc2ccco2)c1. The Morgan fingerprint density at radius 2 is 1.97 bits per heavy atom. The normalized spacial score (nSPS) is 15.2. The fraction of sp³-hybridized carbons (Fsp3) is 0.160. The summed E-state index contributed by atoms with van der Waals surface area (Å²) in [5.74, 6) is 0.731. The molecular formula is C25H23N3O2. The summed E-state index contributed by atoms with van der Waals surface area (Å²) in [5.41, 5.74) is 5.55. The van der Waals surface area contributed by atoms with Crippen LogP contribution in [0.15, 0.2) is 89.7 Å². The third kappa shape index (κ3) is 3.28. The number of para-hydroxylation sites is 1. The number of amides is 2. The van der Waals surface area contributed by atoms with E-state index < -0.39 is 0 Å². The van der Waals surface area contributed by atoms with Crippen LogP contribution < -0.4 is 5.32 Å². The maximum Gasteiger partial charge on any atom is 0.318 e. The van der Waals surface area contributed by atoms with Crippen LogP contribution >= 0.6 is 0 Å². The van der Waals surface area contributed by atoms with Gasteiger partial charge in [-0.15, -0.1) is 0 Å². The first-order chi connectivity index (χ1) is 14.7. The van der Waals surface area contributed by atoms with Crippen LogP contribution in [0.25, 0.3) is 5.69 Å². The first-order valence-corrected chi connectivity index (χ1v) is 10.1. The van der Waals surface area contributed by atoms with Gasteiger partial charge in [0.25, 0.3) is 0 Å². The molecule has 0 radical (unpaired) electrons. The van der Waals surface area contributed by atoms with Crippen LogP contribution in [0.3, 0.4) is 0 Å². The van der Waals surface area contributed by atoms with Crippen LogP contribution in [0.1, 0.15) is 34.2 Å². The van der Waals surface area contributed by atoms with E-state index in [1.54, 1.807) is 6.26 Å². The molecule has 1 aliphatic heterocycles. The molecule has 5 rings (SSSR count). The molecule has 150 valence electrons. The second-order valence-electron chi connectivity index (χ2n) is 7.61. The van der Waals surface area contributed by atoms with Gasteiger partial charge < -0.3 is 19.2 Å². The van der Waals surface area contributed by atoms with Gasteiger partial charge in [0.2, 0.25) is 0 Å². The maximum atomic E-state index is 13.4. The van der Waals surface area contributed by atoms with E-state index in [1.165, 1.54) is 5.56 Å². The topological polar surface area (TPSA) is 50.4 Å². The zero-order valence-corrected chi connectivity index (χ0v) is 16.8. The van der Waals surface area contributed by atoms with Gasteiger partial charge in [-0.25, -0.2) is 4.79 Å². The summed E-state index contributed by atoms with van der Waals surface area (Å²) in [5, 5.41) is 3.03. The van der Waals surface area contributed by atoms with Crippen molar-refractivity contribution >= 4 is 6.03 Å². The van der Waals surface area contributed by atoms with E-state index in [4.69, 9.17) is 4.42 Å². The lowest BCUT2D eigenvalue weighted by Crippen LogP contribution is -2.41. The molecule has 1 N–H and O–H groups in total. The molecule has 5 heteroatoms. The number of furan rings is 1. The molecule has 0 spiro atoms. The van der Waals surface area contributed by atoms with E-state index in [1.807, 2.05) is 35.2 Å². The average Bonchev–Trinajstić information content (AvgIpc) is 3.42. The van der Waals surface area contributed by atoms with Gasteiger partial charge in [-0.1, -0.05) is 48.0 Å². The molecule has 1 aliphatic rings. The monoisotopic (exact) mass is 397 g/mol. The summed E-state index contributed by atoms with van der Waals surface area (Å²) < 4.78 is 7.58. The van der Waals surface area contributed by atoms with E-state index in [2.05, 4.69) is 65.5 Å². The van der Waals surface area contributed by atoms with Crippen LogP contribution in [-0.4, -0.2) is 15.5 Å². The van der Waals surface area contributed by atoms with E-state index in [9.17, 15) is 4.79 Å². The molecule has 1 atom stereocenters. The zero-order valence-electron chi connectivity index (χ0n) is 16.8. The first kappa shape index (κ1) is 18.3. The Morgan fingerprint density at radius 3 is 2.80 bits per heavy atom. The number of nitrogens with zero attached hydrogens (tertiary/aromatic N) is 2. The molecular weight excluding hydrogens is 374 g/mol. The summed E-state index contributed by atoms with van der Waals surface area (Å²) in [6.07, 6.45) is 3.69. The van der Waals surface area contributed by atoms with E-state index >= 15 is 0 Å². The minimum atomic E-state index is -0.205. The average molecular weight is 397 g/mol. The van der Waals surface area contributed by atoms with Crippen molar-refractivity contribution in [3.05, 3.63) is 113 Å². The van der Waals surface area contributed by atoms with Crippen LogP contribution in [0, 0.1) is 6.92 Å². The predicted octanol–water partition coefficient (Wildman–Crippen LogP) is 5.19. The van der Waals surface area contributed by atoms with Crippen molar-refractivity contribution in [2.24, 2.45) is 0 Å². The van der Waals surface area contributed by atoms with Gasteiger partial charge in [0.15, 0.2) is 0 Å². The summed E-state index contributed by atoms with van der Waals surface area (Å²) in [6, 6.07) is 24.1. The molecule has 0 fully saturated rings. The van der Waals surface area contributed by atoms with Crippen LogP contribution in [0.5, 0.6) is 0 Å². The van der Waals surface area contributed by atoms with Crippen LogP contribution in [-0.2, 0) is 13.1 Å². The molecule has 5 nitrogen and oxygen atoms in total. The van der Waals surface area contributed by atoms with Gasteiger partial charge >= 0.3 is 6.03 Å². The van der Waals surface area contributed by atoms with Gasteiger partial charge in [-0.05, 0) is 48.4 Å². The summed E-state index contributed by atoms with van der Waals surface area (Å²) in [6.45, 7) is 2.95. The van der Waals surface area contributed by atoms with Crippen molar-refractivity contribution in [2.45, 2.75) is 26.1 Å². The Balaban J connectivity index is 1.60. The first-order valence-electron chi connectivity index (χ1n) is 10.1. The number of rotatable bonds is 3. The largest absolute Gasteiger partial charge is 0.467 e. The van der Waals surface area contributed by atoms with Gasteiger partial charge in [0, 0.05) is 11.9 Å². The number of nitrogens with one attached hydrogen (secondary N) is 1. The molecule has 0 unspecified atom stereocenters. The second-order valence-corrected chi connectivity index (χ2v) is 7.61. The fourth-order valence-corrected chi connectivity index (χ4v) is 4.21. The minimum Gasteiger partial charge on any atom is -0.467 e. The molecule has 30 heavy (non-hydrogen) atoms. The van der Waals surface area contributed by atoms with E-state index in [0.717, 1.165) is 28.3 Å². The number of hydrogen-bond donors (Lipinski definition) is 1. The molecule has 0 aliphatic carbocycles. The van der Waals surface area contributed by atoms with Gasteiger partial charge in [-0.2, -0.15) is 0 Å². The summed E-state index contributed by atoms with van der Waals surface area (Å²) in [4.78, 5) is 15.3. The Bertz CT molecular complexity index is 1180. The highest BCUT2D eigenvalue weighted by Gasteiger charge is 2.32. The number of fused-ring (bicyclic) bond motifs is 3. The standard InChI is InChI=1S/C25H23N3O2/c1-18-7-4-9-19(15-18)24-23-12-5-13-27(23)22-11-3-2-8-20(22)17-28(24)25(29)26-16-21-10-6-14-30-21/h2-15,24H,16-17H2,1H3,(H,26,29)/t24-/m0/s1. The maximum absolute atomic E-state index is 13.4. The van der Waals surface area contributed by atoms with E-state index in [0.29, 0.717) is 13.1 Å². The molecule has 0 saturated heterocycles. The lowest BCUT2D eigenvalue weighted by Gasteiger charge is -2.31. The lowest BCUT2D eigenvalue weighted by molar-refractivity contribution is 0.179. The van der Waals surface area contributed by atoms with Crippen LogP contribution in [0.2, 0.25) is 0 Å². The van der Waals surface area contributed by atoms with Crippen molar-refractivity contribution in [1.82, 2.24) is 14.8 Å². The molecule has 3 heterocycles. The number of aromatic nitrogens is 1. The lowest BCUT2D eigenvalue weighted by atomic mass is 10.00. The van der Waals surface area contributed by atoms with Crippen molar-refractivity contribution in [3.8, 4) is 5.69 Å². The van der Waals surface area contributed by atoms with Gasteiger partial charge in [-0.3, -0.25) is 0 Å². The Labute approximate surface area is 175 Å². The molecule has 4 aromatic rings. The highest BCUT2D eigenvalue weighted by Crippen LogP contribution is 2.36. The minimum absolute atomic E-state index is 0.123. The molecule has 0 bridgehead atoms. The number of benzene rings is 2. The Hall–Kier alpha value is -3.73. The summed E-state index contributed by atoms with van der Waals surface area (Å²) >= 11 is 0. The number of urea groups is 1. The number of carbonyl (C=O) groups excluding carboxylic acids is 1. The third-order valence-electron chi connectivity index (χ3n) is 5.58. The van der Waals surface area contributed by atoms with Crippen molar-refractivity contribution in [2.75, 3.05) is 0 Å². The number of aryl methyl sites for hydroxylation is 1. The Kier molecular flexibility index (Phi) is 4.64. The van der Waals surface area contributed by atoms with Crippen LogP contribution in [0.4, 0.5) is 4.79 Å². The number of carbonyl (C=O) groups is 1. The Morgan fingerprint density at radius 1 is 1.07 bits per heavy atom. The third-order valence-corrected chi connectivity index (χ3v) is 5.58. The van der Waals surface area contributed by atoms with Crippen molar-refractivity contribution in [3.63, 3.8) is 0 Å².